The van der Waals surface area contributed by atoms with Crippen molar-refractivity contribution >= 4 is 11.6 Å². The molecular formula is C8H10O2. The molecular weight excluding hydrogens is 128 g/mol. The van der Waals surface area contributed by atoms with Crippen LogP contribution in [-0.2, 0) is 9.59 Å². The molecule has 0 N–H and O–H groups in total. The van der Waals surface area contributed by atoms with Crippen molar-refractivity contribution in [2.45, 2.75) is 19.8 Å². The van der Waals surface area contributed by atoms with E-state index in [1.807, 2.05) is 0 Å². The Labute approximate surface area is 59.9 Å². The summed E-state index contributed by atoms with van der Waals surface area (Å²) in [6.07, 6.45) is 3.99. The highest BCUT2D eigenvalue weighted by molar-refractivity contribution is 5.97. The molecule has 0 aliphatic heterocycles. The lowest BCUT2D eigenvalue weighted by molar-refractivity contribution is -0.123. The van der Waals surface area contributed by atoms with Crippen LogP contribution in [0.5, 0.6) is 0 Å². The van der Waals surface area contributed by atoms with E-state index >= 15 is 0 Å². The van der Waals surface area contributed by atoms with Gasteiger partial charge >= 0.3 is 0 Å². The Morgan fingerprint density at radius 2 is 2.20 bits per heavy atom. The minimum Gasteiger partial charge on any atom is -0.299 e. The fourth-order valence-electron chi connectivity index (χ4n) is 0.996. The Morgan fingerprint density at radius 1 is 1.50 bits per heavy atom. The van der Waals surface area contributed by atoms with Gasteiger partial charge in [-0.1, -0.05) is 13.0 Å². The van der Waals surface area contributed by atoms with Crippen molar-refractivity contribution in [1.82, 2.24) is 0 Å². The Hall–Kier alpha value is -0.920. The zero-order chi connectivity index (χ0) is 7.56. The van der Waals surface area contributed by atoms with Crippen LogP contribution < -0.4 is 0 Å². The van der Waals surface area contributed by atoms with Crippen LogP contribution in [0.1, 0.15) is 19.8 Å². The molecule has 1 rings (SSSR count). The summed E-state index contributed by atoms with van der Waals surface area (Å²) in [6.45, 7) is 1.79. The van der Waals surface area contributed by atoms with E-state index in [9.17, 15) is 9.59 Å². The van der Waals surface area contributed by atoms with Gasteiger partial charge in [0.2, 0.25) is 0 Å². The van der Waals surface area contributed by atoms with Crippen LogP contribution in [0.3, 0.4) is 0 Å². The maximum Gasteiger partial charge on any atom is 0.158 e. The summed E-state index contributed by atoms with van der Waals surface area (Å²) in [5.41, 5.74) is 0. The van der Waals surface area contributed by atoms with Gasteiger partial charge in [-0.2, -0.15) is 0 Å². The van der Waals surface area contributed by atoms with Gasteiger partial charge in [0.15, 0.2) is 5.78 Å². The first kappa shape index (κ1) is 7.19. The first-order valence-electron chi connectivity index (χ1n) is 3.42. The maximum absolute atomic E-state index is 10.9. The molecule has 0 bridgehead atoms. The number of Topliss-reactive ketones (excluding diaryl/α,β-unsaturated/α-hetero) is 1. The van der Waals surface area contributed by atoms with Crippen LogP contribution >= 0.6 is 0 Å². The molecule has 0 amide bonds. The van der Waals surface area contributed by atoms with E-state index in [1.165, 1.54) is 6.08 Å². The van der Waals surface area contributed by atoms with Crippen molar-refractivity contribution in [3.8, 4) is 0 Å². The average Bonchev–Trinajstić information content (AvgIpc) is 1.96. The molecule has 0 heterocycles. The average molecular weight is 138 g/mol. The molecule has 54 valence electrons. The van der Waals surface area contributed by atoms with E-state index in [2.05, 4.69) is 0 Å². The molecule has 1 aliphatic carbocycles. The summed E-state index contributed by atoms with van der Waals surface area (Å²) in [4.78, 5) is 21.8. The quantitative estimate of drug-likeness (QED) is 0.502. The molecule has 0 spiro atoms. The van der Waals surface area contributed by atoms with Crippen LogP contribution in [0.4, 0.5) is 0 Å². The summed E-state index contributed by atoms with van der Waals surface area (Å²) in [5, 5.41) is 0. The lowest BCUT2D eigenvalue weighted by Gasteiger charge is -2.00. The molecule has 2 nitrogen and oxygen atoms in total. The standard InChI is InChI=1S/C8H10O2/c1-6-5-7(9)3-2-4-8(6)10/h2,4,6H,3,5H2,1H3. The molecule has 0 fully saturated rings. The second-order valence-electron chi connectivity index (χ2n) is 2.65. The lowest BCUT2D eigenvalue weighted by Crippen LogP contribution is -2.09. The van der Waals surface area contributed by atoms with Gasteiger partial charge in [-0.3, -0.25) is 9.59 Å². The number of carbonyl (C=O) groups is 2. The molecule has 1 atom stereocenters. The van der Waals surface area contributed by atoms with Gasteiger partial charge in [0.05, 0.1) is 0 Å². The number of carbonyl (C=O) groups excluding carboxylic acids is 2. The highest BCUT2D eigenvalue weighted by atomic mass is 16.1. The Bertz CT molecular complexity index is 191. The third-order valence-electron chi connectivity index (χ3n) is 1.65. The van der Waals surface area contributed by atoms with Crippen LogP contribution in [0.2, 0.25) is 0 Å². The first-order valence-corrected chi connectivity index (χ1v) is 3.42. The molecule has 0 aromatic carbocycles. The Kier molecular flexibility index (Phi) is 2.00. The monoisotopic (exact) mass is 138 g/mol. The summed E-state index contributed by atoms with van der Waals surface area (Å²) >= 11 is 0. The van der Waals surface area contributed by atoms with Crippen LogP contribution in [0, 0.1) is 5.92 Å². The highest BCUT2D eigenvalue weighted by Crippen LogP contribution is 2.10. The fourth-order valence-corrected chi connectivity index (χ4v) is 0.996. The SMILES string of the molecule is CC1CC(=O)CC=CC1=O. The minimum atomic E-state index is -0.105. The van der Waals surface area contributed by atoms with Gasteiger partial charge in [-0.05, 0) is 6.08 Å². The van der Waals surface area contributed by atoms with Gasteiger partial charge in [0.25, 0.3) is 0 Å². The van der Waals surface area contributed by atoms with E-state index in [0.29, 0.717) is 12.8 Å². The van der Waals surface area contributed by atoms with Crippen LogP contribution in [0.15, 0.2) is 12.2 Å². The van der Waals surface area contributed by atoms with Gasteiger partial charge in [0.1, 0.15) is 5.78 Å². The van der Waals surface area contributed by atoms with E-state index in [4.69, 9.17) is 0 Å². The third kappa shape index (κ3) is 1.53. The van der Waals surface area contributed by atoms with Crippen LogP contribution in [0.25, 0.3) is 0 Å². The topological polar surface area (TPSA) is 34.1 Å². The van der Waals surface area contributed by atoms with Crippen molar-refractivity contribution in [1.29, 1.82) is 0 Å². The molecule has 0 saturated carbocycles. The Balaban J connectivity index is 2.71. The van der Waals surface area contributed by atoms with Gasteiger partial charge in [-0.25, -0.2) is 0 Å². The summed E-state index contributed by atoms with van der Waals surface area (Å²) in [6, 6.07) is 0. The second kappa shape index (κ2) is 2.78. The van der Waals surface area contributed by atoms with E-state index in [0.717, 1.165) is 0 Å². The molecule has 1 unspecified atom stereocenters. The maximum atomic E-state index is 10.9. The van der Waals surface area contributed by atoms with Gasteiger partial charge < -0.3 is 0 Å². The largest absolute Gasteiger partial charge is 0.299 e. The first-order chi connectivity index (χ1) is 4.70. The highest BCUT2D eigenvalue weighted by Gasteiger charge is 2.16. The molecule has 0 aromatic heterocycles. The summed E-state index contributed by atoms with van der Waals surface area (Å²) in [7, 11) is 0. The van der Waals surface area contributed by atoms with E-state index < -0.39 is 0 Å². The van der Waals surface area contributed by atoms with E-state index in [-0.39, 0.29) is 17.5 Å². The second-order valence-corrected chi connectivity index (χ2v) is 2.65. The minimum absolute atomic E-state index is 0.0749. The number of rotatable bonds is 0. The van der Waals surface area contributed by atoms with Crippen molar-refractivity contribution in [2.75, 3.05) is 0 Å². The number of ketones is 2. The van der Waals surface area contributed by atoms with Crippen LogP contribution in [-0.4, -0.2) is 11.6 Å². The number of hydrogen-bond donors (Lipinski definition) is 0. The van der Waals surface area contributed by atoms with E-state index in [1.54, 1.807) is 13.0 Å². The molecule has 0 aromatic rings. The predicted molar refractivity (Wildman–Crippen MR) is 37.6 cm³/mol. The smallest absolute Gasteiger partial charge is 0.158 e. The zero-order valence-corrected chi connectivity index (χ0v) is 5.96. The normalized spacial score (nSPS) is 26.7. The molecule has 0 radical (unpaired) electrons. The van der Waals surface area contributed by atoms with Gasteiger partial charge in [0, 0.05) is 18.8 Å². The summed E-state index contributed by atoms with van der Waals surface area (Å²) in [5.74, 6) is 0.131. The Morgan fingerprint density at radius 3 is 2.90 bits per heavy atom. The van der Waals surface area contributed by atoms with Crippen molar-refractivity contribution < 1.29 is 9.59 Å². The van der Waals surface area contributed by atoms with Gasteiger partial charge in [-0.15, -0.1) is 0 Å². The fraction of sp³-hybridized carbons (Fsp3) is 0.500. The van der Waals surface area contributed by atoms with Crippen molar-refractivity contribution in [2.24, 2.45) is 5.92 Å². The molecule has 10 heavy (non-hydrogen) atoms. The number of allylic oxidation sites excluding steroid dienone is 2. The predicted octanol–water partition coefficient (Wildman–Crippen LogP) is 1.11. The van der Waals surface area contributed by atoms with Crippen molar-refractivity contribution in [3.63, 3.8) is 0 Å². The lowest BCUT2D eigenvalue weighted by atomic mass is 10.0. The molecule has 2 heteroatoms. The molecule has 0 saturated heterocycles. The zero-order valence-electron chi connectivity index (χ0n) is 5.96. The third-order valence-corrected chi connectivity index (χ3v) is 1.65. The van der Waals surface area contributed by atoms with Crippen molar-refractivity contribution in [3.05, 3.63) is 12.2 Å². The number of hydrogen-bond acceptors (Lipinski definition) is 2. The summed E-state index contributed by atoms with van der Waals surface area (Å²) < 4.78 is 0. The molecule has 1 aliphatic rings.